The van der Waals surface area contributed by atoms with Crippen LogP contribution in [0.4, 0.5) is 11.4 Å². The number of carbonyl (C=O) groups excluding carboxylic acids is 2. The molecule has 0 aliphatic rings. The number of amides is 2. The molecule has 0 aliphatic heterocycles. The van der Waals surface area contributed by atoms with Crippen molar-refractivity contribution in [3.8, 4) is 0 Å². The van der Waals surface area contributed by atoms with E-state index in [0.29, 0.717) is 12.1 Å². The number of anilines is 2. The second-order valence-corrected chi connectivity index (χ2v) is 4.42. The van der Waals surface area contributed by atoms with Gasteiger partial charge < -0.3 is 16.0 Å². The molecule has 0 radical (unpaired) electrons. The molecule has 0 aromatic heterocycles. The van der Waals surface area contributed by atoms with Crippen molar-refractivity contribution in [3.63, 3.8) is 0 Å². The highest BCUT2D eigenvalue weighted by atomic mass is 32.1. The highest BCUT2D eigenvalue weighted by Crippen LogP contribution is 2.13. The average Bonchev–Trinajstić information content (AvgIpc) is 2.31. The summed E-state index contributed by atoms with van der Waals surface area (Å²) in [7, 11) is 0. The summed E-state index contributed by atoms with van der Waals surface area (Å²) in [5, 5.41) is 8.42. The van der Waals surface area contributed by atoms with Gasteiger partial charge in [-0.2, -0.15) is 0 Å². The molecule has 0 saturated carbocycles. The second-order valence-electron chi connectivity index (χ2n) is 4.01. The predicted octanol–water partition coefficient (Wildman–Crippen LogP) is 2.26. The summed E-state index contributed by atoms with van der Waals surface area (Å²) in [6.07, 6.45) is 1.23. The van der Waals surface area contributed by atoms with E-state index in [1.165, 1.54) is 6.92 Å². The third-order valence-electron chi connectivity index (χ3n) is 2.19. The lowest BCUT2D eigenvalue weighted by molar-refractivity contribution is -0.119. The van der Waals surface area contributed by atoms with Gasteiger partial charge in [-0.25, -0.2) is 0 Å². The first-order chi connectivity index (χ1) is 9.01. The Labute approximate surface area is 117 Å². The fourth-order valence-electron chi connectivity index (χ4n) is 1.42. The lowest BCUT2D eigenvalue weighted by atomic mass is 10.3. The van der Waals surface area contributed by atoms with Crippen molar-refractivity contribution in [2.75, 3.05) is 10.6 Å². The molecule has 3 N–H and O–H groups in total. The van der Waals surface area contributed by atoms with E-state index in [0.717, 1.165) is 12.1 Å². The van der Waals surface area contributed by atoms with Crippen molar-refractivity contribution >= 4 is 40.5 Å². The zero-order chi connectivity index (χ0) is 14.3. The van der Waals surface area contributed by atoms with Crippen LogP contribution in [0.25, 0.3) is 0 Å². The van der Waals surface area contributed by atoms with Crippen molar-refractivity contribution in [1.29, 1.82) is 0 Å². The van der Waals surface area contributed by atoms with E-state index in [9.17, 15) is 9.59 Å². The molecule has 102 valence electrons. The van der Waals surface area contributed by atoms with Crippen molar-refractivity contribution in [2.45, 2.75) is 26.7 Å². The first-order valence-electron chi connectivity index (χ1n) is 5.99. The Morgan fingerprint density at radius 1 is 1.11 bits per heavy atom. The standard InChI is InChI=1S/C13H17N3O2S/c1-3-4-12(18)16-13(19)15-11-7-5-10(6-8-11)14-9(2)17/h5-8H,3-4H2,1-2H3,(H,14,17)(H2,15,16,18,19). The highest BCUT2D eigenvalue weighted by Gasteiger charge is 2.03. The Bertz CT molecular complexity index is 471. The normalized spacial score (nSPS) is 9.58. The molecule has 1 rings (SSSR count). The van der Waals surface area contributed by atoms with Gasteiger partial charge in [-0.05, 0) is 42.9 Å². The lowest BCUT2D eigenvalue weighted by Crippen LogP contribution is -2.33. The van der Waals surface area contributed by atoms with Crippen LogP contribution in [0.2, 0.25) is 0 Å². The van der Waals surface area contributed by atoms with Crippen molar-refractivity contribution < 1.29 is 9.59 Å². The molecule has 0 heterocycles. The number of hydrogen-bond donors (Lipinski definition) is 3. The van der Waals surface area contributed by atoms with Crippen LogP contribution in [-0.4, -0.2) is 16.9 Å². The number of carbonyl (C=O) groups is 2. The average molecular weight is 279 g/mol. The molecule has 5 nitrogen and oxygen atoms in total. The minimum atomic E-state index is -0.122. The maximum absolute atomic E-state index is 11.3. The van der Waals surface area contributed by atoms with Crippen LogP contribution in [0.15, 0.2) is 24.3 Å². The van der Waals surface area contributed by atoms with E-state index < -0.39 is 0 Å². The van der Waals surface area contributed by atoms with Gasteiger partial charge >= 0.3 is 0 Å². The number of thiocarbonyl (C=S) groups is 1. The van der Waals surface area contributed by atoms with Crippen LogP contribution < -0.4 is 16.0 Å². The molecule has 1 aromatic rings. The van der Waals surface area contributed by atoms with E-state index in [1.807, 2.05) is 6.92 Å². The summed E-state index contributed by atoms with van der Waals surface area (Å²) >= 11 is 5.02. The molecule has 6 heteroatoms. The minimum Gasteiger partial charge on any atom is -0.332 e. The summed E-state index contributed by atoms with van der Waals surface area (Å²) in [4.78, 5) is 22.2. The van der Waals surface area contributed by atoms with Gasteiger partial charge in [-0.1, -0.05) is 6.92 Å². The smallest absolute Gasteiger partial charge is 0.226 e. The molecule has 0 unspecified atom stereocenters. The summed E-state index contributed by atoms with van der Waals surface area (Å²) in [6.45, 7) is 3.38. The van der Waals surface area contributed by atoms with Gasteiger partial charge in [-0.3, -0.25) is 9.59 Å². The van der Waals surface area contributed by atoms with Crippen molar-refractivity contribution in [3.05, 3.63) is 24.3 Å². The third kappa shape index (κ3) is 5.96. The van der Waals surface area contributed by atoms with Gasteiger partial charge in [0.1, 0.15) is 0 Å². The maximum atomic E-state index is 11.3. The highest BCUT2D eigenvalue weighted by molar-refractivity contribution is 7.80. The maximum Gasteiger partial charge on any atom is 0.226 e. The Balaban J connectivity index is 2.51. The molecule has 0 fully saturated rings. The van der Waals surface area contributed by atoms with E-state index in [2.05, 4.69) is 16.0 Å². The molecule has 1 aromatic carbocycles. The SMILES string of the molecule is CCCC(=O)NC(=S)Nc1ccc(NC(C)=O)cc1. The molecule has 0 aliphatic carbocycles. The fraction of sp³-hybridized carbons (Fsp3) is 0.308. The number of nitrogens with one attached hydrogen (secondary N) is 3. The molecule has 0 saturated heterocycles. The predicted molar refractivity (Wildman–Crippen MR) is 80.0 cm³/mol. The summed E-state index contributed by atoms with van der Waals surface area (Å²) in [5.74, 6) is -0.224. The molecule has 0 spiro atoms. The summed E-state index contributed by atoms with van der Waals surface area (Å²) in [6, 6.07) is 7.04. The summed E-state index contributed by atoms with van der Waals surface area (Å²) in [5.41, 5.74) is 1.45. The third-order valence-corrected chi connectivity index (χ3v) is 2.40. The Morgan fingerprint density at radius 3 is 2.11 bits per heavy atom. The van der Waals surface area contributed by atoms with Crippen molar-refractivity contribution in [2.24, 2.45) is 0 Å². The van der Waals surface area contributed by atoms with Gasteiger partial charge in [0.05, 0.1) is 0 Å². The van der Waals surface area contributed by atoms with Gasteiger partial charge in [0.15, 0.2) is 5.11 Å². The fourth-order valence-corrected chi connectivity index (χ4v) is 1.65. The van der Waals surface area contributed by atoms with E-state index in [1.54, 1.807) is 24.3 Å². The number of hydrogen-bond acceptors (Lipinski definition) is 3. The molecule has 0 bridgehead atoms. The van der Waals surface area contributed by atoms with Crippen LogP contribution in [0.3, 0.4) is 0 Å². The zero-order valence-corrected chi connectivity index (χ0v) is 11.8. The topological polar surface area (TPSA) is 70.2 Å². The molecule has 2 amide bonds. The molecular weight excluding hydrogens is 262 g/mol. The zero-order valence-electron chi connectivity index (χ0n) is 10.9. The Hall–Kier alpha value is -1.95. The monoisotopic (exact) mass is 279 g/mol. The van der Waals surface area contributed by atoms with Gasteiger partial charge in [-0.15, -0.1) is 0 Å². The van der Waals surface area contributed by atoms with Gasteiger partial charge in [0, 0.05) is 24.7 Å². The quantitative estimate of drug-likeness (QED) is 0.739. The van der Waals surface area contributed by atoms with Crippen LogP contribution in [0.1, 0.15) is 26.7 Å². The van der Waals surface area contributed by atoms with Crippen LogP contribution in [0.5, 0.6) is 0 Å². The van der Waals surface area contributed by atoms with Crippen molar-refractivity contribution in [1.82, 2.24) is 5.32 Å². The van der Waals surface area contributed by atoms with Crippen LogP contribution in [-0.2, 0) is 9.59 Å². The van der Waals surface area contributed by atoms with E-state index >= 15 is 0 Å². The van der Waals surface area contributed by atoms with Crippen LogP contribution in [0, 0.1) is 0 Å². The molecular formula is C13H17N3O2S. The summed E-state index contributed by atoms with van der Waals surface area (Å²) < 4.78 is 0. The van der Waals surface area contributed by atoms with Crippen LogP contribution >= 0.6 is 12.2 Å². The van der Waals surface area contributed by atoms with E-state index in [4.69, 9.17) is 12.2 Å². The van der Waals surface area contributed by atoms with E-state index in [-0.39, 0.29) is 16.9 Å². The largest absolute Gasteiger partial charge is 0.332 e. The molecule has 19 heavy (non-hydrogen) atoms. The lowest BCUT2D eigenvalue weighted by Gasteiger charge is -2.10. The Morgan fingerprint density at radius 2 is 1.63 bits per heavy atom. The second kappa shape index (κ2) is 7.48. The van der Waals surface area contributed by atoms with Gasteiger partial charge in [0.2, 0.25) is 11.8 Å². The molecule has 0 atom stereocenters. The van der Waals surface area contributed by atoms with Gasteiger partial charge in [0.25, 0.3) is 0 Å². The Kier molecular flexibility index (Phi) is 5.95. The number of benzene rings is 1. The first kappa shape index (κ1) is 15.1. The first-order valence-corrected chi connectivity index (χ1v) is 6.40. The number of rotatable bonds is 4. The minimum absolute atomic E-state index is 0.102.